The predicted octanol–water partition coefficient (Wildman–Crippen LogP) is 0.960. The van der Waals surface area contributed by atoms with Gasteiger partial charge in [0.15, 0.2) is 0 Å². The van der Waals surface area contributed by atoms with Crippen molar-refractivity contribution in [3.8, 4) is 0 Å². The smallest absolute Gasteiger partial charge is 0.0587 e. The highest BCUT2D eigenvalue weighted by molar-refractivity contribution is 4.79. The molecule has 0 aromatic rings. The maximum absolute atomic E-state index is 5.06. The van der Waals surface area contributed by atoms with Crippen molar-refractivity contribution in [1.29, 1.82) is 0 Å². The van der Waals surface area contributed by atoms with E-state index in [1.807, 2.05) is 0 Å². The fourth-order valence-electron chi connectivity index (χ4n) is 3.76. The van der Waals surface area contributed by atoms with Crippen LogP contribution in [0.5, 0.6) is 0 Å². The first-order valence-electron chi connectivity index (χ1n) is 9.57. The van der Waals surface area contributed by atoms with Gasteiger partial charge in [-0.1, -0.05) is 0 Å². The molecule has 136 valence electrons. The van der Waals surface area contributed by atoms with Crippen molar-refractivity contribution >= 4 is 0 Å². The van der Waals surface area contributed by atoms with E-state index in [-0.39, 0.29) is 0 Å². The molecule has 2 saturated heterocycles. The van der Waals surface area contributed by atoms with Gasteiger partial charge in [0.2, 0.25) is 0 Å². The van der Waals surface area contributed by atoms with E-state index in [1.165, 1.54) is 65.2 Å². The van der Waals surface area contributed by atoms with Gasteiger partial charge in [0, 0.05) is 65.5 Å². The third kappa shape index (κ3) is 7.06. The largest absolute Gasteiger partial charge is 0.383 e. The second-order valence-corrected chi connectivity index (χ2v) is 7.46. The van der Waals surface area contributed by atoms with Gasteiger partial charge < -0.3 is 19.9 Å². The Morgan fingerprint density at radius 2 is 1.65 bits per heavy atom. The lowest BCUT2D eigenvalue weighted by atomic mass is 9.96. The number of hydrogen-bond donors (Lipinski definition) is 1. The molecule has 0 saturated carbocycles. The van der Waals surface area contributed by atoms with Crippen LogP contribution in [0, 0.1) is 5.92 Å². The Hall–Kier alpha value is -0.200. The Labute approximate surface area is 143 Å². The Bertz CT molecular complexity index is 297. The maximum Gasteiger partial charge on any atom is 0.0587 e. The quantitative estimate of drug-likeness (QED) is 0.638. The topological polar surface area (TPSA) is 31.0 Å². The molecule has 0 unspecified atom stereocenters. The number of hydrogen-bond acceptors (Lipinski definition) is 5. The van der Waals surface area contributed by atoms with Crippen LogP contribution in [-0.4, -0.2) is 99.9 Å². The average molecular weight is 327 g/mol. The molecule has 23 heavy (non-hydrogen) atoms. The maximum atomic E-state index is 5.06. The molecule has 5 heteroatoms. The fraction of sp³-hybridized carbons (Fsp3) is 1.00. The zero-order valence-electron chi connectivity index (χ0n) is 15.6. The number of likely N-dealkylation sites (tertiary alicyclic amines) is 1. The monoisotopic (exact) mass is 326 g/mol. The van der Waals surface area contributed by atoms with Crippen molar-refractivity contribution in [2.45, 2.75) is 32.7 Å². The van der Waals surface area contributed by atoms with E-state index in [2.05, 4.69) is 33.9 Å². The first-order chi connectivity index (χ1) is 11.2. The average Bonchev–Trinajstić information content (AvgIpc) is 2.57. The molecule has 0 bridgehead atoms. The zero-order chi connectivity index (χ0) is 16.5. The number of nitrogens with zero attached hydrogens (tertiary/aromatic N) is 3. The molecule has 0 aromatic carbocycles. The molecule has 5 nitrogen and oxygen atoms in total. The molecule has 0 spiro atoms. The molecule has 2 fully saturated rings. The highest BCUT2D eigenvalue weighted by Gasteiger charge is 2.24. The van der Waals surface area contributed by atoms with Crippen molar-refractivity contribution in [2.75, 3.05) is 79.2 Å². The van der Waals surface area contributed by atoms with Crippen LogP contribution in [0.3, 0.4) is 0 Å². The van der Waals surface area contributed by atoms with Gasteiger partial charge in [-0.05, 0) is 45.7 Å². The summed E-state index contributed by atoms with van der Waals surface area (Å²) in [5.41, 5.74) is 0. The minimum Gasteiger partial charge on any atom is -0.383 e. The summed E-state index contributed by atoms with van der Waals surface area (Å²) < 4.78 is 5.06. The summed E-state index contributed by atoms with van der Waals surface area (Å²) >= 11 is 0. The SMILES string of the molecule is COCCNCCN1CCC(CN2CCN(C(C)C)CC2)CC1. The Kier molecular flexibility index (Phi) is 8.83. The van der Waals surface area contributed by atoms with E-state index in [0.717, 1.165) is 25.6 Å². The molecule has 1 N–H and O–H groups in total. The van der Waals surface area contributed by atoms with Gasteiger partial charge in [0.25, 0.3) is 0 Å². The summed E-state index contributed by atoms with van der Waals surface area (Å²) in [5, 5.41) is 3.44. The predicted molar refractivity (Wildman–Crippen MR) is 97.1 cm³/mol. The Balaban J connectivity index is 1.53. The highest BCUT2D eigenvalue weighted by atomic mass is 16.5. The first kappa shape index (κ1) is 19.1. The lowest BCUT2D eigenvalue weighted by Gasteiger charge is -2.40. The lowest BCUT2D eigenvalue weighted by molar-refractivity contribution is 0.0811. The van der Waals surface area contributed by atoms with Crippen LogP contribution in [-0.2, 0) is 4.74 Å². The summed E-state index contributed by atoms with van der Waals surface area (Å²) in [6.45, 7) is 17.6. The van der Waals surface area contributed by atoms with Crippen LogP contribution in [0.25, 0.3) is 0 Å². The summed E-state index contributed by atoms with van der Waals surface area (Å²) in [6.07, 6.45) is 2.75. The molecule has 0 aromatic heterocycles. The number of rotatable bonds is 9. The third-order valence-electron chi connectivity index (χ3n) is 5.45. The van der Waals surface area contributed by atoms with E-state index in [4.69, 9.17) is 4.74 Å². The second-order valence-electron chi connectivity index (χ2n) is 7.46. The van der Waals surface area contributed by atoms with E-state index in [9.17, 15) is 0 Å². The summed E-state index contributed by atoms with van der Waals surface area (Å²) in [5.74, 6) is 0.915. The third-order valence-corrected chi connectivity index (χ3v) is 5.45. The van der Waals surface area contributed by atoms with Gasteiger partial charge in [0.05, 0.1) is 6.61 Å². The minimum atomic E-state index is 0.706. The van der Waals surface area contributed by atoms with Crippen molar-refractivity contribution < 1.29 is 4.74 Å². The van der Waals surface area contributed by atoms with Crippen LogP contribution in [0.2, 0.25) is 0 Å². The standard InChI is InChI=1S/C18H38N4O/c1-17(2)22-13-11-21(12-14-22)16-18-4-8-20(9-5-18)10-6-19-7-15-23-3/h17-19H,4-16H2,1-3H3. The van der Waals surface area contributed by atoms with Crippen LogP contribution in [0.4, 0.5) is 0 Å². The van der Waals surface area contributed by atoms with Crippen molar-refractivity contribution in [1.82, 2.24) is 20.0 Å². The minimum absolute atomic E-state index is 0.706. The Morgan fingerprint density at radius 1 is 0.957 bits per heavy atom. The number of nitrogens with one attached hydrogen (secondary N) is 1. The molecule has 2 rings (SSSR count). The van der Waals surface area contributed by atoms with E-state index in [0.29, 0.717) is 6.04 Å². The molecule has 0 atom stereocenters. The van der Waals surface area contributed by atoms with Crippen LogP contribution in [0.1, 0.15) is 26.7 Å². The fourth-order valence-corrected chi connectivity index (χ4v) is 3.76. The van der Waals surface area contributed by atoms with Crippen LogP contribution >= 0.6 is 0 Å². The number of ether oxygens (including phenoxy) is 1. The molecular formula is C18H38N4O. The van der Waals surface area contributed by atoms with E-state index >= 15 is 0 Å². The van der Waals surface area contributed by atoms with E-state index in [1.54, 1.807) is 7.11 Å². The summed E-state index contributed by atoms with van der Waals surface area (Å²) in [6, 6.07) is 0.706. The van der Waals surface area contributed by atoms with Crippen LogP contribution in [0.15, 0.2) is 0 Å². The number of methoxy groups -OCH3 is 1. The normalized spacial score (nSPS) is 23.0. The molecule has 2 heterocycles. The molecule has 2 aliphatic heterocycles. The summed E-state index contributed by atoms with van der Waals surface area (Å²) in [4.78, 5) is 7.92. The highest BCUT2D eigenvalue weighted by Crippen LogP contribution is 2.19. The number of piperidine rings is 1. The first-order valence-corrected chi connectivity index (χ1v) is 9.57. The van der Waals surface area contributed by atoms with Crippen molar-refractivity contribution in [3.63, 3.8) is 0 Å². The molecule has 0 amide bonds. The van der Waals surface area contributed by atoms with Gasteiger partial charge in [-0.25, -0.2) is 0 Å². The van der Waals surface area contributed by atoms with Gasteiger partial charge in [0.1, 0.15) is 0 Å². The number of piperazine rings is 1. The molecular weight excluding hydrogens is 288 g/mol. The molecule has 2 aliphatic rings. The van der Waals surface area contributed by atoms with Gasteiger partial charge in [-0.3, -0.25) is 4.90 Å². The Morgan fingerprint density at radius 3 is 2.26 bits per heavy atom. The molecule has 0 aliphatic carbocycles. The van der Waals surface area contributed by atoms with Gasteiger partial charge >= 0.3 is 0 Å². The van der Waals surface area contributed by atoms with Gasteiger partial charge in [-0.15, -0.1) is 0 Å². The zero-order valence-corrected chi connectivity index (χ0v) is 15.6. The van der Waals surface area contributed by atoms with E-state index < -0.39 is 0 Å². The summed E-state index contributed by atoms with van der Waals surface area (Å²) in [7, 11) is 1.76. The second kappa shape index (κ2) is 10.6. The lowest BCUT2D eigenvalue weighted by Crippen LogP contribution is -2.50. The van der Waals surface area contributed by atoms with Crippen LogP contribution < -0.4 is 5.32 Å². The van der Waals surface area contributed by atoms with Gasteiger partial charge in [-0.2, -0.15) is 0 Å². The van der Waals surface area contributed by atoms with Crippen molar-refractivity contribution in [3.05, 3.63) is 0 Å². The van der Waals surface area contributed by atoms with Crippen molar-refractivity contribution in [2.24, 2.45) is 5.92 Å². The molecule has 0 radical (unpaired) electrons.